The fourth-order valence-electron chi connectivity index (χ4n) is 4.41. The Balaban J connectivity index is 1.84. The Morgan fingerprint density at radius 2 is 1.22 bits per heavy atom. The zero-order chi connectivity index (χ0) is 23.4. The fourth-order valence-corrected chi connectivity index (χ4v) is 4.41. The maximum atomic E-state index is 13.3. The van der Waals surface area contributed by atoms with Crippen LogP contribution in [0.15, 0.2) is 48.5 Å². The third-order valence-corrected chi connectivity index (χ3v) is 6.12. The van der Waals surface area contributed by atoms with Crippen molar-refractivity contribution in [1.29, 1.82) is 0 Å². The summed E-state index contributed by atoms with van der Waals surface area (Å²) in [4.78, 5) is 1.96. The van der Waals surface area contributed by atoms with E-state index in [1.807, 2.05) is 35.2 Å². The smallest absolute Gasteiger partial charge is 0.330 e. The van der Waals surface area contributed by atoms with E-state index in [4.69, 9.17) is 5.73 Å². The molecule has 0 amide bonds. The number of nitrogens with two attached hydrogens (primary N) is 1. The number of rotatable bonds is 7. The molecule has 0 heterocycles. The monoisotopic (exact) mass is 458 g/mol. The van der Waals surface area contributed by atoms with Gasteiger partial charge in [0.15, 0.2) is 0 Å². The molecule has 1 saturated carbocycles. The number of halogens is 6. The first-order valence-corrected chi connectivity index (χ1v) is 10.8. The largest absolute Gasteiger partial charge is 0.416 e. The van der Waals surface area contributed by atoms with Crippen LogP contribution in [0.2, 0.25) is 0 Å². The minimum Gasteiger partial charge on any atom is -0.330 e. The first-order chi connectivity index (χ1) is 15.0. The van der Waals surface area contributed by atoms with Gasteiger partial charge in [-0.05, 0) is 73.4 Å². The zero-order valence-electron chi connectivity index (χ0n) is 17.7. The van der Waals surface area contributed by atoms with Crippen molar-refractivity contribution in [3.05, 3.63) is 70.8 Å². The fraction of sp³-hybridized carbons (Fsp3) is 0.500. The van der Waals surface area contributed by atoms with Crippen LogP contribution < -0.4 is 5.73 Å². The van der Waals surface area contributed by atoms with Gasteiger partial charge in [-0.2, -0.15) is 26.3 Å². The van der Waals surface area contributed by atoms with Crippen molar-refractivity contribution in [2.45, 2.75) is 51.1 Å². The summed E-state index contributed by atoms with van der Waals surface area (Å²) in [6.45, 7) is 1.72. The molecule has 0 bridgehead atoms. The second-order valence-electron chi connectivity index (χ2n) is 8.69. The average molecular weight is 458 g/mol. The maximum Gasteiger partial charge on any atom is 0.416 e. The van der Waals surface area contributed by atoms with E-state index < -0.39 is 23.5 Å². The lowest BCUT2D eigenvalue weighted by Gasteiger charge is -2.33. The van der Waals surface area contributed by atoms with Crippen molar-refractivity contribution in [2.24, 2.45) is 17.6 Å². The van der Waals surface area contributed by atoms with E-state index in [0.29, 0.717) is 31.5 Å². The lowest BCUT2D eigenvalue weighted by atomic mass is 9.82. The molecule has 1 fully saturated rings. The number of hydrogen-bond acceptors (Lipinski definition) is 2. The van der Waals surface area contributed by atoms with Crippen LogP contribution in [-0.2, 0) is 25.4 Å². The van der Waals surface area contributed by atoms with E-state index in [1.54, 1.807) is 0 Å². The summed E-state index contributed by atoms with van der Waals surface area (Å²) >= 11 is 0. The van der Waals surface area contributed by atoms with Crippen LogP contribution in [-0.4, -0.2) is 18.0 Å². The highest BCUT2D eigenvalue weighted by atomic mass is 19.4. The van der Waals surface area contributed by atoms with Crippen molar-refractivity contribution in [1.82, 2.24) is 4.90 Å². The van der Waals surface area contributed by atoms with Gasteiger partial charge in [0.25, 0.3) is 0 Å². The highest BCUT2D eigenvalue weighted by molar-refractivity contribution is 5.33. The molecule has 0 atom stereocenters. The summed E-state index contributed by atoms with van der Waals surface area (Å²) in [6, 6.07) is 11.3. The molecule has 0 radical (unpaired) electrons. The lowest BCUT2D eigenvalue weighted by molar-refractivity contribution is -0.143. The normalized spacial score (nSPS) is 20.0. The summed E-state index contributed by atoms with van der Waals surface area (Å²) in [5, 5.41) is 0. The first kappa shape index (κ1) is 24.6. The van der Waals surface area contributed by atoms with Crippen molar-refractivity contribution >= 4 is 0 Å². The van der Waals surface area contributed by atoms with Gasteiger partial charge in [-0.1, -0.05) is 30.3 Å². The molecule has 3 rings (SSSR count). The third kappa shape index (κ3) is 6.97. The molecule has 1 aliphatic carbocycles. The van der Waals surface area contributed by atoms with Crippen LogP contribution in [0, 0.1) is 11.8 Å². The SMILES string of the molecule is NCC1CCC(CN(Cc2ccccc2)Cc2cc(C(F)(F)F)cc(C(F)(F)F)c2)CC1. The Labute approximate surface area is 184 Å². The Morgan fingerprint density at radius 1 is 0.719 bits per heavy atom. The van der Waals surface area contributed by atoms with E-state index in [0.717, 1.165) is 43.4 Å². The molecule has 0 aliphatic heterocycles. The molecule has 2 aromatic rings. The quantitative estimate of drug-likeness (QED) is 0.481. The Bertz CT molecular complexity index is 823. The van der Waals surface area contributed by atoms with Crippen molar-refractivity contribution in [2.75, 3.05) is 13.1 Å². The molecule has 176 valence electrons. The number of hydrogen-bond donors (Lipinski definition) is 1. The highest BCUT2D eigenvalue weighted by Crippen LogP contribution is 2.37. The molecule has 0 aromatic heterocycles. The molecule has 2 N–H and O–H groups in total. The van der Waals surface area contributed by atoms with Crippen LogP contribution in [0.1, 0.15) is 47.9 Å². The van der Waals surface area contributed by atoms with Gasteiger partial charge in [0.1, 0.15) is 0 Å². The van der Waals surface area contributed by atoms with Crippen LogP contribution in [0.3, 0.4) is 0 Å². The first-order valence-electron chi connectivity index (χ1n) is 10.8. The van der Waals surface area contributed by atoms with Gasteiger partial charge in [0, 0.05) is 19.6 Å². The summed E-state index contributed by atoms with van der Waals surface area (Å²) in [5.41, 5.74) is 4.19. The number of alkyl halides is 6. The molecule has 1 aliphatic rings. The van der Waals surface area contributed by atoms with Gasteiger partial charge in [-0.25, -0.2) is 0 Å². The van der Waals surface area contributed by atoms with Crippen molar-refractivity contribution in [3.63, 3.8) is 0 Å². The predicted octanol–water partition coefficient (Wildman–Crippen LogP) is 6.49. The summed E-state index contributed by atoms with van der Waals surface area (Å²) in [7, 11) is 0. The molecule has 0 spiro atoms. The van der Waals surface area contributed by atoms with E-state index in [1.165, 1.54) is 0 Å². The molecule has 0 unspecified atom stereocenters. The Morgan fingerprint density at radius 3 is 1.72 bits per heavy atom. The molecule has 8 heteroatoms. The van der Waals surface area contributed by atoms with Crippen LogP contribution >= 0.6 is 0 Å². The summed E-state index contributed by atoms with van der Waals surface area (Å²) in [5.74, 6) is 0.834. The summed E-state index contributed by atoms with van der Waals surface area (Å²) in [6.07, 6.45) is -5.76. The van der Waals surface area contributed by atoms with Crippen LogP contribution in [0.25, 0.3) is 0 Å². The average Bonchev–Trinajstić information content (AvgIpc) is 2.73. The van der Waals surface area contributed by atoms with Gasteiger partial charge >= 0.3 is 12.4 Å². The van der Waals surface area contributed by atoms with Gasteiger partial charge in [-0.15, -0.1) is 0 Å². The van der Waals surface area contributed by atoms with E-state index in [2.05, 4.69) is 0 Å². The van der Waals surface area contributed by atoms with E-state index >= 15 is 0 Å². The van der Waals surface area contributed by atoms with Crippen LogP contribution in [0.4, 0.5) is 26.3 Å². The van der Waals surface area contributed by atoms with Crippen molar-refractivity contribution in [3.8, 4) is 0 Å². The van der Waals surface area contributed by atoms with Gasteiger partial charge in [0.05, 0.1) is 11.1 Å². The topological polar surface area (TPSA) is 29.3 Å². The van der Waals surface area contributed by atoms with Gasteiger partial charge in [0.2, 0.25) is 0 Å². The van der Waals surface area contributed by atoms with E-state index in [-0.39, 0.29) is 18.2 Å². The second kappa shape index (κ2) is 10.3. The Kier molecular flexibility index (Phi) is 7.88. The molecule has 2 aromatic carbocycles. The predicted molar refractivity (Wildman–Crippen MR) is 112 cm³/mol. The zero-order valence-corrected chi connectivity index (χ0v) is 17.7. The molecular weight excluding hydrogens is 430 g/mol. The Hall–Kier alpha value is -2.06. The van der Waals surface area contributed by atoms with Crippen LogP contribution in [0.5, 0.6) is 0 Å². The lowest BCUT2D eigenvalue weighted by Crippen LogP contribution is -2.32. The highest BCUT2D eigenvalue weighted by Gasteiger charge is 2.37. The molecule has 2 nitrogen and oxygen atoms in total. The minimum atomic E-state index is -4.85. The summed E-state index contributed by atoms with van der Waals surface area (Å²) < 4.78 is 79.6. The number of nitrogens with zero attached hydrogens (tertiary/aromatic N) is 1. The second-order valence-corrected chi connectivity index (χ2v) is 8.69. The molecular formula is C24H28F6N2. The third-order valence-electron chi connectivity index (χ3n) is 6.12. The number of benzene rings is 2. The standard InChI is InChI=1S/C24H28F6N2/c25-23(26,27)21-10-20(11-22(12-21)24(28,29)30)16-32(14-18-4-2-1-3-5-18)15-19-8-6-17(13-31)7-9-19/h1-5,10-12,17,19H,6-9,13-16,31H2. The van der Waals surface area contributed by atoms with E-state index in [9.17, 15) is 26.3 Å². The van der Waals surface area contributed by atoms with Crippen molar-refractivity contribution < 1.29 is 26.3 Å². The maximum absolute atomic E-state index is 13.3. The minimum absolute atomic E-state index is 0.0126. The molecule has 32 heavy (non-hydrogen) atoms. The molecule has 0 saturated heterocycles. The van der Waals surface area contributed by atoms with Gasteiger partial charge < -0.3 is 5.73 Å². The van der Waals surface area contributed by atoms with Gasteiger partial charge in [-0.3, -0.25) is 4.90 Å².